The summed E-state index contributed by atoms with van der Waals surface area (Å²) >= 11 is 7.58. The lowest BCUT2D eigenvalue weighted by Gasteiger charge is -2.24. The molecule has 6 heteroatoms. The quantitative estimate of drug-likeness (QED) is 0.608. The number of aryl methyl sites for hydroxylation is 1. The van der Waals surface area contributed by atoms with Crippen molar-refractivity contribution in [2.75, 3.05) is 5.32 Å². The number of carbonyl (C=O) groups is 2. The molecule has 1 atom stereocenters. The molecular formula is C21H16ClNO3S. The van der Waals surface area contributed by atoms with Crippen LogP contribution in [0.3, 0.4) is 0 Å². The van der Waals surface area contributed by atoms with Gasteiger partial charge in [0, 0.05) is 27.8 Å². The fraction of sp³-hybridized carbons (Fsp3) is 0.143. The van der Waals surface area contributed by atoms with Gasteiger partial charge in [-0.05, 0) is 24.1 Å². The van der Waals surface area contributed by atoms with Gasteiger partial charge in [-0.1, -0.05) is 59.6 Å². The van der Waals surface area contributed by atoms with Crippen LogP contribution in [0.25, 0.3) is 11.1 Å². The molecule has 2 heterocycles. The molecule has 1 unspecified atom stereocenters. The second-order valence-corrected chi connectivity index (χ2v) is 8.00. The lowest BCUT2D eigenvalue weighted by Crippen LogP contribution is -2.22. The van der Waals surface area contributed by atoms with Crippen molar-refractivity contribution in [2.45, 2.75) is 19.3 Å². The Morgan fingerprint density at radius 3 is 2.56 bits per heavy atom. The first-order valence-corrected chi connectivity index (χ1v) is 9.66. The van der Waals surface area contributed by atoms with Crippen molar-refractivity contribution in [1.29, 1.82) is 0 Å². The predicted octanol–water partition coefficient (Wildman–Crippen LogP) is 5.55. The third-order valence-corrected chi connectivity index (χ3v) is 6.36. The van der Waals surface area contributed by atoms with E-state index in [0.29, 0.717) is 16.3 Å². The molecule has 1 amide bonds. The molecule has 0 spiro atoms. The van der Waals surface area contributed by atoms with Gasteiger partial charge in [0.1, 0.15) is 4.88 Å². The Labute approximate surface area is 165 Å². The number of rotatable bonds is 3. The number of carbonyl (C=O) groups excluding carboxylic acids is 1. The van der Waals surface area contributed by atoms with E-state index in [1.165, 1.54) is 11.3 Å². The van der Waals surface area contributed by atoms with E-state index in [1.54, 1.807) is 6.07 Å². The molecule has 1 aliphatic rings. The highest BCUT2D eigenvalue weighted by Crippen LogP contribution is 2.50. The number of nitrogens with one attached hydrogen (secondary N) is 1. The summed E-state index contributed by atoms with van der Waals surface area (Å²) in [4.78, 5) is 25.4. The van der Waals surface area contributed by atoms with E-state index >= 15 is 0 Å². The zero-order valence-electron chi connectivity index (χ0n) is 14.5. The van der Waals surface area contributed by atoms with Crippen LogP contribution in [-0.4, -0.2) is 17.0 Å². The second-order valence-electron chi connectivity index (χ2n) is 6.54. The highest BCUT2D eigenvalue weighted by molar-refractivity contribution is 7.15. The van der Waals surface area contributed by atoms with Crippen molar-refractivity contribution in [1.82, 2.24) is 0 Å². The first kappa shape index (κ1) is 17.8. The van der Waals surface area contributed by atoms with Gasteiger partial charge in [0.2, 0.25) is 5.91 Å². The number of hydrogen-bond donors (Lipinski definition) is 2. The summed E-state index contributed by atoms with van der Waals surface area (Å²) in [6.07, 6.45) is 0.240. The molecule has 2 aromatic carbocycles. The maximum atomic E-state index is 12.4. The van der Waals surface area contributed by atoms with Gasteiger partial charge in [0.15, 0.2) is 0 Å². The Bertz CT molecular complexity index is 1060. The molecule has 136 valence electrons. The molecule has 0 saturated carbocycles. The van der Waals surface area contributed by atoms with Crippen LogP contribution >= 0.6 is 22.9 Å². The molecule has 0 bridgehead atoms. The molecule has 2 N–H and O–H groups in total. The van der Waals surface area contributed by atoms with Crippen LogP contribution in [-0.2, 0) is 4.79 Å². The monoisotopic (exact) mass is 397 g/mol. The molecule has 0 saturated heterocycles. The number of amides is 1. The van der Waals surface area contributed by atoms with Crippen LogP contribution in [0.1, 0.15) is 38.0 Å². The zero-order valence-corrected chi connectivity index (χ0v) is 16.0. The highest BCUT2D eigenvalue weighted by Gasteiger charge is 2.35. The van der Waals surface area contributed by atoms with Crippen LogP contribution < -0.4 is 5.32 Å². The summed E-state index contributed by atoms with van der Waals surface area (Å²) in [5.41, 5.74) is 3.84. The SMILES string of the molecule is Cc1ccc(-c2c(C(=O)O)sc3c2NC(=O)CC3c2ccccc2Cl)cc1. The van der Waals surface area contributed by atoms with E-state index in [9.17, 15) is 14.7 Å². The van der Waals surface area contributed by atoms with Crippen molar-refractivity contribution < 1.29 is 14.7 Å². The van der Waals surface area contributed by atoms with Crippen LogP contribution in [0.2, 0.25) is 5.02 Å². The summed E-state index contributed by atoms with van der Waals surface area (Å²) in [7, 11) is 0. The van der Waals surface area contributed by atoms with Crippen molar-refractivity contribution >= 4 is 40.5 Å². The zero-order chi connectivity index (χ0) is 19.1. The smallest absolute Gasteiger partial charge is 0.346 e. The van der Waals surface area contributed by atoms with Crippen LogP contribution in [0.5, 0.6) is 0 Å². The molecule has 1 aliphatic heterocycles. The highest BCUT2D eigenvalue weighted by atomic mass is 35.5. The molecule has 4 rings (SSSR count). The molecule has 0 fully saturated rings. The van der Waals surface area contributed by atoms with E-state index in [1.807, 2.05) is 49.4 Å². The minimum atomic E-state index is -1.00. The number of thiophene rings is 1. The van der Waals surface area contributed by atoms with Crippen molar-refractivity contribution in [3.63, 3.8) is 0 Å². The second kappa shape index (κ2) is 6.83. The first-order chi connectivity index (χ1) is 13.0. The largest absolute Gasteiger partial charge is 0.477 e. The van der Waals surface area contributed by atoms with Gasteiger partial charge in [0.05, 0.1) is 5.69 Å². The van der Waals surface area contributed by atoms with E-state index < -0.39 is 5.97 Å². The Balaban J connectivity index is 1.95. The average Bonchev–Trinajstić information content (AvgIpc) is 3.02. The van der Waals surface area contributed by atoms with Gasteiger partial charge >= 0.3 is 5.97 Å². The minimum Gasteiger partial charge on any atom is -0.477 e. The number of halogens is 1. The van der Waals surface area contributed by atoms with E-state index in [4.69, 9.17) is 11.6 Å². The molecular weight excluding hydrogens is 382 g/mol. The van der Waals surface area contributed by atoms with Crippen LogP contribution in [0, 0.1) is 6.92 Å². The van der Waals surface area contributed by atoms with Crippen LogP contribution in [0.15, 0.2) is 48.5 Å². The van der Waals surface area contributed by atoms with Gasteiger partial charge in [-0.2, -0.15) is 0 Å². The van der Waals surface area contributed by atoms with E-state index in [-0.39, 0.29) is 23.1 Å². The topological polar surface area (TPSA) is 66.4 Å². The normalized spacial score (nSPS) is 15.9. The van der Waals surface area contributed by atoms with Gasteiger partial charge in [-0.3, -0.25) is 4.79 Å². The van der Waals surface area contributed by atoms with Crippen molar-refractivity contribution in [2.24, 2.45) is 0 Å². The molecule has 1 aromatic heterocycles. The van der Waals surface area contributed by atoms with E-state index in [2.05, 4.69) is 5.32 Å². The summed E-state index contributed by atoms with van der Waals surface area (Å²) < 4.78 is 0. The Morgan fingerprint density at radius 2 is 1.89 bits per heavy atom. The number of benzene rings is 2. The Kier molecular flexibility index (Phi) is 4.50. The average molecular weight is 398 g/mol. The molecule has 4 nitrogen and oxygen atoms in total. The first-order valence-electron chi connectivity index (χ1n) is 8.47. The summed E-state index contributed by atoms with van der Waals surface area (Å²) in [5.74, 6) is -1.41. The number of carboxylic acids is 1. The van der Waals surface area contributed by atoms with Gasteiger partial charge in [-0.15, -0.1) is 11.3 Å². The predicted molar refractivity (Wildman–Crippen MR) is 108 cm³/mol. The van der Waals surface area contributed by atoms with Gasteiger partial charge < -0.3 is 10.4 Å². The molecule has 0 aliphatic carbocycles. The minimum absolute atomic E-state index is 0.143. The maximum absolute atomic E-state index is 12.4. The number of fused-ring (bicyclic) bond motifs is 1. The summed E-state index contributed by atoms with van der Waals surface area (Å²) in [6.45, 7) is 1.97. The number of carboxylic acid groups (broad SMARTS) is 1. The number of anilines is 1. The fourth-order valence-electron chi connectivity index (χ4n) is 3.44. The third kappa shape index (κ3) is 3.13. The van der Waals surface area contributed by atoms with Crippen molar-refractivity contribution in [3.05, 3.63) is 74.4 Å². The van der Waals surface area contributed by atoms with E-state index in [0.717, 1.165) is 21.6 Å². The molecule has 27 heavy (non-hydrogen) atoms. The van der Waals surface area contributed by atoms with Gasteiger partial charge in [-0.25, -0.2) is 4.79 Å². The Morgan fingerprint density at radius 1 is 1.19 bits per heavy atom. The fourth-order valence-corrected chi connectivity index (χ4v) is 4.95. The molecule has 0 radical (unpaired) electrons. The number of aromatic carboxylic acids is 1. The van der Waals surface area contributed by atoms with Crippen molar-refractivity contribution in [3.8, 4) is 11.1 Å². The maximum Gasteiger partial charge on any atom is 0.346 e. The summed E-state index contributed by atoms with van der Waals surface area (Å²) in [5, 5.41) is 13.3. The third-order valence-electron chi connectivity index (χ3n) is 4.72. The Hall–Kier alpha value is -2.63. The molecule has 3 aromatic rings. The van der Waals surface area contributed by atoms with Gasteiger partial charge in [0.25, 0.3) is 0 Å². The summed E-state index contributed by atoms with van der Waals surface area (Å²) in [6, 6.07) is 15.0. The lowest BCUT2D eigenvalue weighted by atomic mass is 9.88. The number of hydrogen-bond acceptors (Lipinski definition) is 3. The lowest BCUT2D eigenvalue weighted by molar-refractivity contribution is -0.116. The standard InChI is InChI=1S/C21H16ClNO3S/c1-11-6-8-12(9-7-11)17-18-19(27-20(17)21(25)26)14(10-16(24)23-18)13-4-2-3-5-15(13)22/h2-9,14H,10H2,1H3,(H,23,24)(H,25,26). The van der Waals surface area contributed by atoms with Crippen LogP contribution in [0.4, 0.5) is 5.69 Å².